The van der Waals surface area contributed by atoms with E-state index in [2.05, 4.69) is 4.98 Å². The maximum atomic E-state index is 6.06. The highest BCUT2D eigenvalue weighted by Crippen LogP contribution is 2.31. The Labute approximate surface area is 95.2 Å². The number of anilines is 1. The molecule has 0 aliphatic heterocycles. The van der Waals surface area contributed by atoms with Gasteiger partial charge in [-0.25, -0.2) is 0 Å². The van der Waals surface area contributed by atoms with E-state index in [1.54, 1.807) is 6.20 Å². The molecule has 3 heteroatoms. The van der Waals surface area contributed by atoms with Gasteiger partial charge in [0.05, 0.1) is 11.2 Å². The van der Waals surface area contributed by atoms with Crippen molar-refractivity contribution in [2.45, 2.75) is 26.4 Å². The zero-order chi connectivity index (χ0) is 11.8. The molecule has 2 N–H and O–H groups in total. The number of nitrogen functional groups attached to an aromatic ring is 1. The second-order valence-electron chi connectivity index (χ2n) is 4.76. The molecule has 16 heavy (non-hydrogen) atoms. The number of benzene rings is 1. The molecular weight excluding hydrogens is 200 g/mol. The van der Waals surface area contributed by atoms with Gasteiger partial charge in [-0.3, -0.25) is 4.98 Å². The Bertz CT molecular complexity index is 515. The van der Waals surface area contributed by atoms with Gasteiger partial charge in [-0.15, -0.1) is 0 Å². The Kier molecular flexibility index (Phi) is 2.46. The highest BCUT2D eigenvalue weighted by atomic mass is 16.5. The van der Waals surface area contributed by atoms with Crippen molar-refractivity contribution in [2.75, 3.05) is 5.73 Å². The van der Waals surface area contributed by atoms with Crippen molar-refractivity contribution < 1.29 is 4.74 Å². The van der Waals surface area contributed by atoms with Gasteiger partial charge in [0.15, 0.2) is 0 Å². The van der Waals surface area contributed by atoms with Gasteiger partial charge in [0.25, 0.3) is 0 Å². The molecule has 1 heterocycles. The van der Waals surface area contributed by atoms with Crippen molar-refractivity contribution in [1.82, 2.24) is 4.98 Å². The first-order valence-corrected chi connectivity index (χ1v) is 5.29. The average Bonchev–Trinajstić information content (AvgIpc) is 2.21. The lowest BCUT2D eigenvalue weighted by Gasteiger charge is -2.22. The molecular formula is C13H16N2O. The molecule has 2 aromatic rings. The van der Waals surface area contributed by atoms with Gasteiger partial charge in [0.2, 0.25) is 0 Å². The standard InChI is InChI=1S/C13H16N2O/c1-13(2,3)16-11-7-6-10-9(12(11)14)5-4-8-15-10/h4-8H,14H2,1-3H3. The van der Waals surface area contributed by atoms with Crippen LogP contribution in [0.5, 0.6) is 5.75 Å². The average molecular weight is 216 g/mol. The van der Waals surface area contributed by atoms with Crippen LogP contribution in [0.25, 0.3) is 10.9 Å². The summed E-state index contributed by atoms with van der Waals surface area (Å²) in [7, 11) is 0. The van der Waals surface area contributed by atoms with Crippen molar-refractivity contribution in [3.05, 3.63) is 30.5 Å². The Morgan fingerprint density at radius 2 is 1.94 bits per heavy atom. The van der Waals surface area contributed by atoms with Crippen LogP contribution in [0.1, 0.15) is 20.8 Å². The predicted octanol–water partition coefficient (Wildman–Crippen LogP) is 2.99. The van der Waals surface area contributed by atoms with Crippen molar-refractivity contribution >= 4 is 16.6 Å². The Morgan fingerprint density at radius 3 is 2.62 bits per heavy atom. The number of nitrogens with zero attached hydrogens (tertiary/aromatic N) is 1. The van der Waals surface area contributed by atoms with Gasteiger partial charge >= 0.3 is 0 Å². The first-order valence-electron chi connectivity index (χ1n) is 5.29. The van der Waals surface area contributed by atoms with E-state index in [0.29, 0.717) is 11.4 Å². The van der Waals surface area contributed by atoms with E-state index in [-0.39, 0.29) is 5.60 Å². The summed E-state index contributed by atoms with van der Waals surface area (Å²) < 4.78 is 5.79. The molecule has 2 rings (SSSR count). The molecule has 0 fully saturated rings. The van der Waals surface area contributed by atoms with Gasteiger partial charge in [-0.1, -0.05) is 0 Å². The number of ether oxygens (including phenoxy) is 1. The number of hydrogen-bond acceptors (Lipinski definition) is 3. The van der Waals surface area contributed by atoms with Crippen LogP contribution in [-0.2, 0) is 0 Å². The van der Waals surface area contributed by atoms with E-state index < -0.39 is 0 Å². The van der Waals surface area contributed by atoms with Crippen molar-refractivity contribution in [3.8, 4) is 5.75 Å². The third-order valence-electron chi connectivity index (χ3n) is 2.20. The van der Waals surface area contributed by atoms with E-state index in [1.807, 2.05) is 45.0 Å². The van der Waals surface area contributed by atoms with Crippen LogP contribution in [-0.4, -0.2) is 10.6 Å². The summed E-state index contributed by atoms with van der Waals surface area (Å²) in [6.45, 7) is 6.00. The number of rotatable bonds is 1. The highest BCUT2D eigenvalue weighted by Gasteiger charge is 2.14. The Morgan fingerprint density at radius 1 is 1.19 bits per heavy atom. The van der Waals surface area contributed by atoms with Crippen LogP contribution in [0.15, 0.2) is 30.5 Å². The van der Waals surface area contributed by atoms with Crippen molar-refractivity contribution in [1.29, 1.82) is 0 Å². The topological polar surface area (TPSA) is 48.1 Å². The largest absolute Gasteiger partial charge is 0.486 e. The third-order valence-corrected chi connectivity index (χ3v) is 2.20. The molecule has 0 aliphatic rings. The molecule has 0 radical (unpaired) electrons. The number of aromatic nitrogens is 1. The van der Waals surface area contributed by atoms with Crippen molar-refractivity contribution in [3.63, 3.8) is 0 Å². The molecule has 0 atom stereocenters. The molecule has 0 amide bonds. The van der Waals surface area contributed by atoms with E-state index in [0.717, 1.165) is 10.9 Å². The van der Waals surface area contributed by atoms with Crippen LogP contribution in [0.2, 0.25) is 0 Å². The summed E-state index contributed by atoms with van der Waals surface area (Å²) in [5, 5.41) is 0.934. The SMILES string of the molecule is CC(C)(C)Oc1ccc2ncccc2c1N. The highest BCUT2D eigenvalue weighted by molar-refractivity contribution is 5.93. The number of pyridine rings is 1. The van der Waals surface area contributed by atoms with Crippen LogP contribution >= 0.6 is 0 Å². The molecule has 0 saturated carbocycles. The smallest absolute Gasteiger partial charge is 0.143 e. The van der Waals surface area contributed by atoms with E-state index in [9.17, 15) is 0 Å². The molecule has 0 bridgehead atoms. The zero-order valence-corrected chi connectivity index (χ0v) is 9.82. The normalized spacial score (nSPS) is 11.7. The summed E-state index contributed by atoms with van der Waals surface area (Å²) in [6, 6.07) is 7.62. The molecule has 1 aromatic heterocycles. The first-order chi connectivity index (χ1) is 7.47. The Hall–Kier alpha value is -1.77. The molecule has 0 aliphatic carbocycles. The minimum Gasteiger partial charge on any atom is -0.486 e. The monoisotopic (exact) mass is 216 g/mol. The molecule has 84 valence electrons. The number of hydrogen-bond donors (Lipinski definition) is 1. The van der Waals surface area contributed by atoms with E-state index in [4.69, 9.17) is 10.5 Å². The van der Waals surface area contributed by atoms with E-state index >= 15 is 0 Å². The van der Waals surface area contributed by atoms with Gasteiger partial charge < -0.3 is 10.5 Å². The maximum Gasteiger partial charge on any atom is 0.143 e. The summed E-state index contributed by atoms with van der Waals surface area (Å²) in [5.74, 6) is 0.716. The van der Waals surface area contributed by atoms with Crippen LogP contribution in [0.4, 0.5) is 5.69 Å². The summed E-state index contributed by atoms with van der Waals surface area (Å²) in [5.41, 5.74) is 7.36. The lowest BCUT2D eigenvalue weighted by Crippen LogP contribution is -2.23. The van der Waals surface area contributed by atoms with Crippen LogP contribution in [0, 0.1) is 0 Å². The van der Waals surface area contributed by atoms with Gasteiger partial charge in [-0.2, -0.15) is 0 Å². The third kappa shape index (κ3) is 2.08. The minimum absolute atomic E-state index is 0.246. The van der Waals surface area contributed by atoms with Gasteiger partial charge in [-0.05, 0) is 45.0 Å². The predicted molar refractivity (Wildman–Crippen MR) is 66.5 cm³/mol. The van der Waals surface area contributed by atoms with Gasteiger partial charge in [0, 0.05) is 11.6 Å². The van der Waals surface area contributed by atoms with Gasteiger partial charge in [0.1, 0.15) is 11.4 Å². The fraction of sp³-hybridized carbons (Fsp3) is 0.308. The fourth-order valence-corrected chi connectivity index (χ4v) is 1.57. The summed E-state index contributed by atoms with van der Waals surface area (Å²) in [4.78, 5) is 4.24. The summed E-state index contributed by atoms with van der Waals surface area (Å²) in [6.07, 6.45) is 1.76. The van der Waals surface area contributed by atoms with Crippen LogP contribution < -0.4 is 10.5 Å². The fourth-order valence-electron chi connectivity index (χ4n) is 1.57. The second-order valence-corrected chi connectivity index (χ2v) is 4.76. The van der Waals surface area contributed by atoms with E-state index in [1.165, 1.54) is 0 Å². The molecule has 0 spiro atoms. The molecule has 1 aromatic carbocycles. The number of nitrogens with two attached hydrogens (primary N) is 1. The Balaban J connectivity index is 2.53. The maximum absolute atomic E-state index is 6.06. The lowest BCUT2D eigenvalue weighted by molar-refractivity contribution is 0.132. The lowest BCUT2D eigenvalue weighted by atomic mass is 10.1. The number of fused-ring (bicyclic) bond motifs is 1. The second kappa shape index (κ2) is 3.67. The minimum atomic E-state index is -0.246. The van der Waals surface area contributed by atoms with Crippen LogP contribution in [0.3, 0.4) is 0 Å². The molecule has 0 unspecified atom stereocenters. The zero-order valence-electron chi connectivity index (χ0n) is 9.82. The summed E-state index contributed by atoms with van der Waals surface area (Å²) >= 11 is 0. The van der Waals surface area contributed by atoms with Crippen molar-refractivity contribution in [2.24, 2.45) is 0 Å². The molecule has 3 nitrogen and oxygen atoms in total. The first kappa shape index (κ1) is 10.7. The quantitative estimate of drug-likeness (QED) is 0.745. The molecule has 0 saturated heterocycles.